The summed E-state index contributed by atoms with van der Waals surface area (Å²) in [6.07, 6.45) is 4.37. The minimum atomic E-state index is 0.168. The summed E-state index contributed by atoms with van der Waals surface area (Å²) >= 11 is 5.97. The van der Waals surface area contributed by atoms with Crippen molar-refractivity contribution in [1.82, 2.24) is 15.3 Å². The zero-order valence-corrected chi connectivity index (χ0v) is 11.4. The third kappa shape index (κ3) is 3.56. The molecular formula is C13H17ClN4O. The topological polar surface area (TPSA) is 66.9 Å². The largest absolute Gasteiger partial charge is 0.368 e. The van der Waals surface area contributed by atoms with Crippen molar-refractivity contribution in [3.63, 3.8) is 0 Å². The van der Waals surface area contributed by atoms with Crippen molar-refractivity contribution in [2.24, 2.45) is 5.92 Å². The van der Waals surface area contributed by atoms with Crippen LogP contribution in [-0.4, -0.2) is 29.0 Å². The summed E-state index contributed by atoms with van der Waals surface area (Å²) in [5, 5.41) is 6.55. The van der Waals surface area contributed by atoms with Crippen LogP contribution >= 0.6 is 11.6 Å². The van der Waals surface area contributed by atoms with Gasteiger partial charge in [-0.15, -0.1) is 0 Å². The Morgan fingerprint density at radius 3 is 2.74 bits per heavy atom. The summed E-state index contributed by atoms with van der Waals surface area (Å²) in [7, 11) is 0. The fraction of sp³-hybridized carbons (Fsp3) is 0.615. The molecule has 0 saturated heterocycles. The van der Waals surface area contributed by atoms with Crippen molar-refractivity contribution in [1.29, 1.82) is 0 Å². The Balaban J connectivity index is 1.47. The van der Waals surface area contributed by atoms with Gasteiger partial charge in [0.15, 0.2) is 0 Å². The minimum Gasteiger partial charge on any atom is -0.368 e. The number of anilines is 1. The van der Waals surface area contributed by atoms with E-state index in [1.54, 1.807) is 6.07 Å². The molecule has 2 N–H and O–H groups in total. The second kappa shape index (κ2) is 5.33. The predicted molar refractivity (Wildman–Crippen MR) is 73.2 cm³/mol. The van der Waals surface area contributed by atoms with Crippen molar-refractivity contribution in [3.05, 3.63) is 17.0 Å². The zero-order chi connectivity index (χ0) is 13.2. The van der Waals surface area contributed by atoms with E-state index in [0.29, 0.717) is 24.2 Å². The summed E-state index contributed by atoms with van der Waals surface area (Å²) in [6.45, 7) is 1.26. The average Bonchev–Trinajstić information content (AvgIpc) is 3.27. The molecule has 0 radical (unpaired) electrons. The summed E-state index contributed by atoms with van der Waals surface area (Å²) in [6, 6.07) is 1.72. The van der Waals surface area contributed by atoms with E-state index in [1.807, 2.05) is 0 Å². The first-order valence-corrected chi connectivity index (χ1v) is 7.16. The molecule has 1 amide bonds. The maximum Gasteiger partial charge on any atom is 0.223 e. The molecule has 1 heterocycles. The van der Waals surface area contributed by atoms with Crippen LogP contribution in [0, 0.1) is 5.92 Å². The summed E-state index contributed by atoms with van der Waals surface area (Å²) < 4.78 is 0. The lowest BCUT2D eigenvalue weighted by Gasteiger charge is -2.08. The molecule has 2 fully saturated rings. The highest BCUT2D eigenvalue weighted by Gasteiger charge is 2.29. The van der Waals surface area contributed by atoms with Crippen molar-refractivity contribution < 1.29 is 4.79 Å². The lowest BCUT2D eigenvalue weighted by molar-refractivity contribution is -0.122. The van der Waals surface area contributed by atoms with Crippen LogP contribution in [0.4, 0.5) is 5.82 Å². The van der Waals surface area contributed by atoms with Crippen molar-refractivity contribution in [3.8, 4) is 0 Å². The number of amides is 1. The number of hydrogen-bond donors (Lipinski definition) is 2. The van der Waals surface area contributed by atoms with Crippen molar-refractivity contribution >= 4 is 23.3 Å². The fourth-order valence-corrected chi connectivity index (χ4v) is 2.11. The molecule has 0 bridgehead atoms. The SMILES string of the molecule is O=C(NCCNc1cc(Cl)nc(C2CC2)n1)C1CC1. The normalized spacial score (nSPS) is 18.2. The van der Waals surface area contributed by atoms with Gasteiger partial charge in [0, 0.05) is 31.0 Å². The van der Waals surface area contributed by atoms with Gasteiger partial charge in [0.2, 0.25) is 5.91 Å². The molecule has 0 atom stereocenters. The van der Waals surface area contributed by atoms with E-state index in [-0.39, 0.29) is 11.8 Å². The van der Waals surface area contributed by atoms with Gasteiger partial charge in [-0.25, -0.2) is 9.97 Å². The smallest absolute Gasteiger partial charge is 0.223 e. The first-order valence-electron chi connectivity index (χ1n) is 6.78. The van der Waals surface area contributed by atoms with Crippen LogP contribution in [0.15, 0.2) is 6.07 Å². The lowest BCUT2D eigenvalue weighted by atomic mass is 10.4. The van der Waals surface area contributed by atoms with Crippen LogP contribution < -0.4 is 10.6 Å². The first kappa shape index (κ1) is 12.7. The lowest BCUT2D eigenvalue weighted by Crippen LogP contribution is -2.30. The van der Waals surface area contributed by atoms with Crippen LogP contribution in [0.25, 0.3) is 0 Å². The molecule has 3 rings (SSSR count). The number of nitrogens with one attached hydrogen (secondary N) is 2. The standard InChI is InChI=1S/C13H17ClN4O/c14-10-7-11(18-12(17-10)8-1-2-8)15-5-6-16-13(19)9-3-4-9/h7-9H,1-6H2,(H,16,19)(H,15,17,18). The Labute approximate surface area is 117 Å². The minimum absolute atomic E-state index is 0.168. The molecule has 1 aromatic heterocycles. The zero-order valence-electron chi connectivity index (χ0n) is 10.7. The molecule has 102 valence electrons. The van der Waals surface area contributed by atoms with E-state index in [1.165, 1.54) is 0 Å². The highest BCUT2D eigenvalue weighted by atomic mass is 35.5. The Kier molecular flexibility index (Phi) is 3.55. The summed E-state index contributed by atoms with van der Waals surface area (Å²) in [4.78, 5) is 20.1. The van der Waals surface area contributed by atoms with Crippen LogP contribution in [0.5, 0.6) is 0 Å². The van der Waals surface area contributed by atoms with Crippen molar-refractivity contribution in [2.45, 2.75) is 31.6 Å². The van der Waals surface area contributed by atoms with Gasteiger partial charge in [-0.1, -0.05) is 11.6 Å². The number of aromatic nitrogens is 2. The van der Waals surface area contributed by atoms with Gasteiger partial charge in [0.05, 0.1) is 0 Å². The van der Waals surface area contributed by atoms with Crippen LogP contribution in [-0.2, 0) is 4.79 Å². The van der Waals surface area contributed by atoms with Crippen LogP contribution in [0.3, 0.4) is 0 Å². The van der Waals surface area contributed by atoms with Gasteiger partial charge in [-0.3, -0.25) is 4.79 Å². The summed E-state index contributed by atoms with van der Waals surface area (Å²) in [5.74, 6) is 2.48. The van der Waals surface area contributed by atoms with E-state index in [9.17, 15) is 4.79 Å². The molecule has 2 aliphatic rings. The number of halogens is 1. The Morgan fingerprint density at radius 2 is 2.05 bits per heavy atom. The third-order valence-electron chi connectivity index (χ3n) is 3.33. The van der Waals surface area contributed by atoms with Gasteiger partial charge in [0.1, 0.15) is 16.8 Å². The van der Waals surface area contributed by atoms with E-state index >= 15 is 0 Å². The van der Waals surface area contributed by atoms with Crippen molar-refractivity contribution in [2.75, 3.05) is 18.4 Å². The molecule has 5 nitrogen and oxygen atoms in total. The fourth-order valence-electron chi connectivity index (χ4n) is 1.92. The Bertz CT molecular complexity index is 486. The predicted octanol–water partition coefficient (Wildman–Crippen LogP) is 1.95. The van der Waals surface area contributed by atoms with Gasteiger partial charge in [-0.2, -0.15) is 0 Å². The van der Waals surface area contributed by atoms with E-state index in [2.05, 4.69) is 20.6 Å². The molecule has 2 saturated carbocycles. The number of nitrogens with zero attached hydrogens (tertiary/aromatic N) is 2. The molecular weight excluding hydrogens is 264 g/mol. The highest BCUT2D eigenvalue weighted by molar-refractivity contribution is 6.29. The number of carbonyl (C=O) groups is 1. The monoisotopic (exact) mass is 280 g/mol. The Hall–Kier alpha value is -1.36. The third-order valence-corrected chi connectivity index (χ3v) is 3.53. The van der Waals surface area contributed by atoms with Gasteiger partial charge < -0.3 is 10.6 Å². The summed E-state index contributed by atoms with van der Waals surface area (Å²) in [5.41, 5.74) is 0. The highest BCUT2D eigenvalue weighted by Crippen LogP contribution is 2.38. The molecule has 0 unspecified atom stereocenters. The maximum absolute atomic E-state index is 11.4. The van der Waals surface area contributed by atoms with Gasteiger partial charge >= 0.3 is 0 Å². The second-order valence-corrected chi connectivity index (χ2v) is 5.59. The number of carbonyl (C=O) groups excluding carboxylic acids is 1. The molecule has 0 spiro atoms. The molecule has 6 heteroatoms. The quantitative estimate of drug-likeness (QED) is 0.617. The molecule has 0 aromatic carbocycles. The number of hydrogen-bond acceptors (Lipinski definition) is 4. The van der Waals surface area contributed by atoms with Gasteiger partial charge in [-0.05, 0) is 25.7 Å². The van der Waals surface area contributed by atoms with E-state index in [0.717, 1.165) is 37.3 Å². The molecule has 19 heavy (non-hydrogen) atoms. The average molecular weight is 281 g/mol. The molecule has 2 aliphatic carbocycles. The molecule has 0 aliphatic heterocycles. The molecule has 1 aromatic rings. The maximum atomic E-state index is 11.4. The van der Waals surface area contributed by atoms with E-state index < -0.39 is 0 Å². The van der Waals surface area contributed by atoms with Gasteiger partial charge in [0.25, 0.3) is 0 Å². The number of rotatable bonds is 6. The Morgan fingerprint density at radius 1 is 1.26 bits per heavy atom. The van der Waals surface area contributed by atoms with Crippen LogP contribution in [0.2, 0.25) is 5.15 Å². The van der Waals surface area contributed by atoms with E-state index in [4.69, 9.17) is 11.6 Å². The van der Waals surface area contributed by atoms with Crippen LogP contribution in [0.1, 0.15) is 37.4 Å². The second-order valence-electron chi connectivity index (χ2n) is 5.20. The first-order chi connectivity index (χ1) is 9.22.